The lowest BCUT2D eigenvalue weighted by molar-refractivity contribution is 1.54. The fourth-order valence-corrected chi connectivity index (χ4v) is 2.43. The zero-order valence-electron chi connectivity index (χ0n) is 8.92. The molecule has 0 nitrogen and oxygen atoms in total. The molecule has 15 heavy (non-hydrogen) atoms. The molecule has 0 spiro atoms. The summed E-state index contributed by atoms with van der Waals surface area (Å²) >= 11 is 3.58. The molecule has 1 heteroatoms. The first-order valence-electron chi connectivity index (χ1n) is 5.08. The van der Waals surface area contributed by atoms with Crippen LogP contribution in [0.15, 0.2) is 34.8 Å². The van der Waals surface area contributed by atoms with Crippen LogP contribution in [-0.4, -0.2) is 0 Å². The van der Waals surface area contributed by atoms with Gasteiger partial charge in [-0.2, -0.15) is 0 Å². The molecule has 0 aliphatic carbocycles. The summed E-state index contributed by atoms with van der Waals surface area (Å²) in [6.07, 6.45) is 4.32. The molecule has 0 amide bonds. The lowest BCUT2D eigenvalue weighted by Gasteiger charge is -2.01. The van der Waals surface area contributed by atoms with Gasteiger partial charge in [-0.15, -0.1) is 0 Å². The first-order chi connectivity index (χ1) is 7.27. The van der Waals surface area contributed by atoms with Gasteiger partial charge in [-0.05, 0) is 41.1 Å². The fourth-order valence-electron chi connectivity index (χ4n) is 1.93. The summed E-state index contributed by atoms with van der Waals surface area (Å²) < 4.78 is 1.16. The van der Waals surface area contributed by atoms with Crippen LogP contribution in [0, 0.1) is 0 Å². The predicted molar refractivity (Wildman–Crippen MR) is 71.2 cm³/mol. The third kappa shape index (κ3) is 1.72. The van der Waals surface area contributed by atoms with Crippen molar-refractivity contribution < 1.29 is 0 Å². The quantitative estimate of drug-likeness (QED) is 0.683. The van der Waals surface area contributed by atoms with E-state index >= 15 is 0 Å². The van der Waals surface area contributed by atoms with Crippen LogP contribution in [0.3, 0.4) is 0 Å². The summed E-state index contributed by atoms with van der Waals surface area (Å²) in [6.45, 7) is 4.16. The van der Waals surface area contributed by atoms with Crippen LogP contribution in [0.4, 0.5) is 0 Å². The Balaban J connectivity index is 3.10. The Morgan fingerprint density at radius 1 is 0.933 bits per heavy atom. The predicted octanol–water partition coefficient (Wildman–Crippen LogP) is 3.20. The summed E-state index contributed by atoms with van der Waals surface area (Å²) in [5, 5.41) is 5.19. The summed E-state index contributed by atoms with van der Waals surface area (Å²) in [6, 6.07) is 10.7. The first-order valence-corrected chi connectivity index (χ1v) is 5.87. The highest BCUT2D eigenvalue weighted by atomic mass is 79.9. The van der Waals surface area contributed by atoms with Crippen LogP contribution in [0.1, 0.15) is 13.8 Å². The lowest BCUT2D eigenvalue weighted by Crippen LogP contribution is -2.24. The van der Waals surface area contributed by atoms with Crippen LogP contribution in [0.5, 0.6) is 0 Å². The second kappa shape index (κ2) is 4.19. The third-order valence-corrected chi connectivity index (χ3v) is 3.37. The molecule has 0 atom stereocenters. The molecule has 76 valence electrons. The average Bonchev–Trinajstić information content (AvgIpc) is 2.28. The van der Waals surface area contributed by atoms with E-state index in [2.05, 4.69) is 72.3 Å². The molecule has 0 unspecified atom stereocenters. The van der Waals surface area contributed by atoms with E-state index in [1.54, 1.807) is 0 Å². The molecule has 0 N–H and O–H groups in total. The second-order valence-corrected chi connectivity index (χ2v) is 4.34. The SMILES string of the molecule is C/C=c1/ccc2c(Br)cccc2/c1=C/C. The molecule has 0 bridgehead atoms. The van der Waals surface area contributed by atoms with Crippen molar-refractivity contribution in [1.82, 2.24) is 0 Å². The lowest BCUT2D eigenvalue weighted by atomic mass is 10.1. The van der Waals surface area contributed by atoms with Gasteiger partial charge in [-0.1, -0.05) is 52.3 Å². The van der Waals surface area contributed by atoms with Gasteiger partial charge in [0.25, 0.3) is 0 Å². The van der Waals surface area contributed by atoms with Crippen molar-refractivity contribution in [2.45, 2.75) is 13.8 Å². The summed E-state index contributed by atoms with van der Waals surface area (Å²) in [7, 11) is 0. The van der Waals surface area contributed by atoms with Gasteiger partial charge in [-0.25, -0.2) is 0 Å². The van der Waals surface area contributed by atoms with E-state index in [-0.39, 0.29) is 0 Å². The number of fused-ring (bicyclic) bond motifs is 1. The van der Waals surface area contributed by atoms with Gasteiger partial charge in [0.2, 0.25) is 0 Å². The molecule has 0 radical (unpaired) electrons. The topological polar surface area (TPSA) is 0 Å². The number of benzene rings is 2. The zero-order valence-corrected chi connectivity index (χ0v) is 10.5. The van der Waals surface area contributed by atoms with Crippen molar-refractivity contribution in [3.8, 4) is 0 Å². The molecule has 0 aliphatic heterocycles. The molecule has 0 aliphatic rings. The first kappa shape index (κ1) is 10.4. The molecule has 2 aromatic rings. The van der Waals surface area contributed by atoms with E-state index in [1.807, 2.05) is 0 Å². The van der Waals surface area contributed by atoms with Crippen LogP contribution in [-0.2, 0) is 0 Å². The minimum atomic E-state index is 1.16. The summed E-state index contributed by atoms with van der Waals surface area (Å²) in [5.74, 6) is 0. The summed E-state index contributed by atoms with van der Waals surface area (Å²) in [5.41, 5.74) is 0. The second-order valence-electron chi connectivity index (χ2n) is 3.48. The van der Waals surface area contributed by atoms with E-state index in [9.17, 15) is 0 Å². The maximum atomic E-state index is 3.58. The monoisotopic (exact) mass is 260 g/mol. The third-order valence-electron chi connectivity index (χ3n) is 2.68. The Morgan fingerprint density at radius 3 is 2.40 bits per heavy atom. The minimum absolute atomic E-state index is 1.16. The maximum absolute atomic E-state index is 3.58. The minimum Gasteiger partial charge on any atom is -0.0798 e. The molecule has 0 saturated carbocycles. The van der Waals surface area contributed by atoms with Crippen molar-refractivity contribution in [2.75, 3.05) is 0 Å². The van der Waals surface area contributed by atoms with Crippen molar-refractivity contribution in [3.05, 3.63) is 45.2 Å². The van der Waals surface area contributed by atoms with E-state index in [4.69, 9.17) is 0 Å². The van der Waals surface area contributed by atoms with Crippen LogP contribution in [0.2, 0.25) is 0 Å². The highest BCUT2D eigenvalue weighted by Gasteiger charge is 1.98. The fraction of sp³-hybridized carbons (Fsp3) is 0.143. The maximum Gasteiger partial charge on any atom is 0.0253 e. The van der Waals surface area contributed by atoms with Gasteiger partial charge in [0.05, 0.1) is 0 Å². The number of hydrogen-bond acceptors (Lipinski definition) is 0. The molecule has 2 aromatic carbocycles. The Bertz CT molecular complexity index is 609. The number of hydrogen-bond donors (Lipinski definition) is 0. The molecule has 2 rings (SSSR count). The Morgan fingerprint density at radius 2 is 1.73 bits per heavy atom. The van der Waals surface area contributed by atoms with E-state index in [0.717, 1.165) is 4.47 Å². The molecular formula is C14H13Br. The Kier molecular flexibility index (Phi) is 2.92. The molecule has 0 fully saturated rings. The van der Waals surface area contributed by atoms with Gasteiger partial charge in [0.1, 0.15) is 0 Å². The average molecular weight is 261 g/mol. The molecule has 0 aromatic heterocycles. The van der Waals surface area contributed by atoms with Crippen molar-refractivity contribution in [1.29, 1.82) is 0 Å². The highest BCUT2D eigenvalue weighted by Crippen LogP contribution is 2.20. The number of rotatable bonds is 0. The Labute approximate surface area is 98.1 Å². The van der Waals surface area contributed by atoms with Gasteiger partial charge in [-0.3, -0.25) is 0 Å². The van der Waals surface area contributed by atoms with Crippen LogP contribution < -0.4 is 10.4 Å². The highest BCUT2D eigenvalue weighted by molar-refractivity contribution is 9.10. The van der Waals surface area contributed by atoms with E-state index < -0.39 is 0 Å². The smallest absolute Gasteiger partial charge is 0.0253 e. The van der Waals surface area contributed by atoms with Gasteiger partial charge < -0.3 is 0 Å². The van der Waals surface area contributed by atoms with Gasteiger partial charge in [0.15, 0.2) is 0 Å². The largest absolute Gasteiger partial charge is 0.0798 e. The Hall–Kier alpha value is -1.08. The number of halogens is 1. The molecule has 0 heterocycles. The van der Waals surface area contributed by atoms with Crippen LogP contribution in [0.25, 0.3) is 22.9 Å². The standard InChI is InChI=1S/C14H13Br/c1-3-10-8-9-13-12(11(10)4-2)6-5-7-14(13)15/h3-9H,1-2H3/b10-3-,11-4+. The van der Waals surface area contributed by atoms with Gasteiger partial charge >= 0.3 is 0 Å². The van der Waals surface area contributed by atoms with E-state index in [1.165, 1.54) is 21.2 Å². The van der Waals surface area contributed by atoms with Crippen molar-refractivity contribution in [3.63, 3.8) is 0 Å². The van der Waals surface area contributed by atoms with Gasteiger partial charge in [0, 0.05) is 4.47 Å². The molecule has 0 saturated heterocycles. The zero-order chi connectivity index (χ0) is 10.8. The van der Waals surface area contributed by atoms with Crippen molar-refractivity contribution in [2.24, 2.45) is 0 Å². The molecular weight excluding hydrogens is 248 g/mol. The normalized spacial score (nSPS) is 13.8. The summed E-state index contributed by atoms with van der Waals surface area (Å²) in [4.78, 5) is 0. The van der Waals surface area contributed by atoms with Crippen LogP contribution >= 0.6 is 15.9 Å². The van der Waals surface area contributed by atoms with Crippen molar-refractivity contribution >= 4 is 38.9 Å². The van der Waals surface area contributed by atoms with E-state index in [0.29, 0.717) is 0 Å².